The summed E-state index contributed by atoms with van der Waals surface area (Å²) in [7, 11) is 0. The lowest BCUT2D eigenvalue weighted by Gasteiger charge is -2.22. The smallest absolute Gasteiger partial charge is 0.129 e. The van der Waals surface area contributed by atoms with Gasteiger partial charge in [-0.2, -0.15) is 0 Å². The van der Waals surface area contributed by atoms with Crippen molar-refractivity contribution in [1.29, 1.82) is 0 Å². The van der Waals surface area contributed by atoms with Crippen molar-refractivity contribution in [2.24, 2.45) is 5.73 Å². The highest BCUT2D eigenvalue weighted by Gasteiger charge is 2.11. The Morgan fingerprint density at radius 3 is 2.50 bits per heavy atom. The first-order valence-electron chi connectivity index (χ1n) is 6.22. The van der Waals surface area contributed by atoms with Crippen molar-refractivity contribution in [3.8, 4) is 0 Å². The number of aryl methyl sites for hydroxylation is 1. The fraction of sp³-hybridized carbons (Fsp3) is 0.615. The predicted octanol–water partition coefficient (Wildman–Crippen LogP) is 2.23. The molecule has 1 aromatic rings. The molecule has 0 unspecified atom stereocenters. The molecule has 1 fully saturated rings. The molecule has 1 saturated heterocycles. The van der Waals surface area contributed by atoms with E-state index in [0.29, 0.717) is 6.54 Å². The van der Waals surface area contributed by atoms with Gasteiger partial charge in [-0.1, -0.05) is 12.8 Å². The number of aromatic nitrogens is 1. The molecule has 0 bridgehead atoms. The number of anilines is 1. The molecular formula is C13H21N3. The van der Waals surface area contributed by atoms with Crippen LogP contribution in [-0.2, 0) is 6.54 Å². The highest BCUT2D eigenvalue weighted by Crippen LogP contribution is 2.19. The molecule has 0 spiro atoms. The first-order chi connectivity index (χ1) is 7.79. The quantitative estimate of drug-likeness (QED) is 0.829. The second-order valence-corrected chi connectivity index (χ2v) is 4.58. The Hall–Kier alpha value is -1.09. The highest BCUT2D eigenvalue weighted by molar-refractivity contribution is 5.42. The van der Waals surface area contributed by atoms with E-state index in [1.165, 1.54) is 31.2 Å². The minimum absolute atomic E-state index is 0.601. The van der Waals surface area contributed by atoms with E-state index in [1.54, 1.807) is 0 Å². The van der Waals surface area contributed by atoms with Crippen LogP contribution in [0.25, 0.3) is 0 Å². The SMILES string of the molecule is Cc1cc(CN)cc(N2CCCCCC2)n1. The molecule has 2 heterocycles. The van der Waals surface area contributed by atoms with Crippen LogP contribution in [0, 0.1) is 6.92 Å². The molecule has 0 atom stereocenters. The number of nitrogens with two attached hydrogens (primary N) is 1. The van der Waals surface area contributed by atoms with E-state index in [1.807, 2.05) is 6.92 Å². The summed E-state index contributed by atoms with van der Waals surface area (Å²) in [5.74, 6) is 1.11. The average Bonchev–Trinajstić information content (AvgIpc) is 2.56. The fourth-order valence-corrected chi connectivity index (χ4v) is 2.30. The van der Waals surface area contributed by atoms with Gasteiger partial charge in [0.15, 0.2) is 0 Å². The van der Waals surface area contributed by atoms with Gasteiger partial charge in [0.1, 0.15) is 5.82 Å². The van der Waals surface area contributed by atoms with E-state index >= 15 is 0 Å². The molecule has 1 aliphatic rings. The van der Waals surface area contributed by atoms with E-state index in [9.17, 15) is 0 Å². The van der Waals surface area contributed by atoms with E-state index < -0.39 is 0 Å². The Bertz CT molecular complexity index is 341. The molecule has 3 nitrogen and oxygen atoms in total. The van der Waals surface area contributed by atoms with Gasteiger partial charge in [-0.25, -0.2) is 4.98 Å². The highest BCUT2D eigenvalue weighted by atomic mass is 15.2. The van der Waals surface area contributed by atoms with Crippen molar-refractivity contribution in [1.82, 2.24) is 4.98 Å². The van der Waals surface area contributed by atoms with E-state index in [4.69, 9.17) is 5.73 Å². The first-order valence-corrected chi connectivity index (χ1v) is 6.22. The predicted molar refractivity (Wildman–Crippen MR) is 67.5 cm³/mol. The second kappa shape index (κ2) is 5.30. The van der Waals surface area contributed by atoms with Gasteiger partial charge in [-0.15, -0.1) is 0 Å². The topological polar surface area (TPSA) is 42.1 Å². The van der Waals surface area contributed by atoms with Gasteiger partial charge < -0.3 is 10.6 Å². The largest absolute Gasteiger partial charge is 0.357 e. The van der Waals surface area contributed by atoms with Gasteiger partial charge in [0.25, 0.3) is 0 Å². The van der Waals surface area contributed by atoms with E-state index in [-0.39, 0.29) is 0 Å². The van der Waals surface area contributed by atoms with Crippen LogP contribution in [0.5, 0.6) is 0 Å². The molecule has 0 aliphatic carbocycles. The van der Waals surface area contributed by atoms with Gasteiger partial charge in [-0.3, -0.25) is 0 Å². The lowest BCUT2D eigenvalue weighted by Crippen LogP contribution is -2.25. The van der Waals surface area contributed by atoms with E-state index in [2.05, 4.69) is 22.0 Å². The lowest BCUT2D eigenvalue weighted by atomic mass is 10.2. The Balaban J connectivity index is 2.20. The lowest BCUT2D eigenvalue weighted by molar-refractivity contribution is 0.726. The van der Waals surface area contributed by atoms with Crippen LogP contribution in [0.4, 0.5) is 5.82 Å². The summed E-state index contributed by atoms with van der Waals surface area (Å²) < 4.78 is 0. The standard InChI is InChI=1S/C13H21N3/c1-11-8-12(10-14)9-13(15-11)16-6-4-2-3-5-7-16/h8-9H,2-7,10,14H2,1H3. The van der Waals surface area contributed by atoms with Crippen LogP contribution in [-0.4, -0.2) is 18.1 Å². The molecule has 16 heavy (non-hydrogen) atoms. The Morgan fingerprint density at radius 2 is 1.88 bits per heavy atom. The molecule has 0 aromatic carbocycles. The monoisotopic (exact) mass is 219 g/mol. The molecular weight excluding hydrogens is 198 g/mol. The summed E-state index contributed by atoms with van der Waals surface area (Å²) in [6.07, 6.45) is 5.28. The van der Waals surface area contributed by atoms with Gasteiger partial charge in [0, 0.05) is 25.3 Å². The number of nitrogens with zero attached hydrogens (tertiary/aromatic N) is 2. The van der Waals surface area contributed by atoms with Crippen LogP contribution in [0.15, 0.2) is 12.1 Å². The molecule has 2 N–H and O–H groups in total. The van der Waals surface area contributed by atoms with E-state index in [0.717, 1.165) is 24.6 Å². The van der Waals surface area contributed by atoms with Crippen LogP contribution < -0.4 is 10.6 Å². The molecule has 1 aliphatic heterocycles. The van der Waals surface area contributed by atoms with Crippen LogP contribution >= 0.6 is 0 Å². The average molecular weight is 219 g/mol. The summed E-state index contributed by atoms with van der Waals surface area (Å²) in [5.41, 5.74) is 7.96. The molecule has 3 heteroatoms. The Morgan fingerprint density at radius 1 is 1.19 bits per heavy atom. The van der Waals surface area contributed by atoms with Gasteiger partial charge in [0.05, 0.1) is 0 Å². The minimum atomic E-state index is 0.601. The molecule has 1 aromatic heterocycles. The maximum absolute atomic E-state index is 5.70. The van der Waals surface area contributed by atoms with Gasteiger partial charge in [-0.05, 0) is 37.5 Å². The summed E-state index contributed by atoms with van der Waals surface area (Å²) in [6, 6.07) is 4.21. The summed E-state index contributed by atoms with van der Waals surface area (Å²) in [6.45, 7) is 4.92. The van der Waals surface area contributed by atoms with Crippen molar-refractivity contribution in [2.45, 2.75) is 39.2 Å². The maximum atomic E-state index is 5.70. The number of rotatable bonds is 2. The summed E-state index contributed by atoms with van der Waals surface area (Å²) in [5, 5.41) is 0. The first kappa shape index (κ1) is 11.4. The Kier molecular flexibility index (Phi) is 3.78. The zero-order valence-corrected chi connectivity index (χ0v) is 10.1. The number of hydrogen-bond donors (Lipinski definition) is 1. The minimum Gasteiger partial charge on any atom is -0.357 e. The maximum Gasteiger partial charge on any atom is 0.129 e. The zero-order valence-electron chi connectivity index (χ0n) is 10.1. The van der Waals surface area contributed by atoms with Crippen molar-refractivity contribution in [2.75, 3.05) is 18.0 Å². The van der Waals surface area contributed by atoms with Crippen molar-refractivity contribution >= 4 is 5.82 Å². The van der Waals surface area contributed by atoms with Crippen LogP contribution in [0.3, 0.4) is 0 Å². The zero-order chi connectivity index (χ0) is 11.4. The number of hydrogen-bond acceptors (Lipinski definition) is 3. The van der Waals surface area contributed by atoms with Crippen LogP contribution in [0.2, 0.25) is 0 Å². The van der Waals surface area contributed by atoms with Crippen molar-refractivity contribution in [3.63, 3.8) is 0 Å². The van der Waals surface area contributed by atoms with Crippen LogP contribution in [0.1, 0.15) is 36.9 Å². The molecule has 0 radical (unpaired) electrons. The fourth-order valence-electron chi connectivity index (χ4n) is 2.30. The third-order valence-electron chi connectivity index (χ3n) is 3.17. The van der Waals surface area contributed by atoms with Crippen molar-refractivity contribution < 1.29 is 0 Å². The molecule has 0 amide bonds. The summed E-state index contributed by atoms with van der Waals surface area (Å²) in [4.78, 5) is 7.02. The third-order valence-corrected chi connectivity index (χ3v) is 3.17. The van der Waals surface area contributed by atoms with Gasteiger partial charge in [0.2, 0.25) is 0 Å². The molecule has 0 saturated carbocycles. The second-order valence-electron chi connectivity index (χ2n) is 4.58. The van der Waals surface area contributed by atoms with Crippen molar-refractivity contribution in [3.05, 3.63) is 23.4 Å². The number of pyridine rings is 1. The molecule has 88 valence electrons. The third kappa shape index (κ3) is 2.73. The van der Waals surface area contributed by atoms with Gasteiger partial charge >= 0.3 is 0 Å². The summed E-state index contributed by atoms with van der Waals surface area (Å²) >= 11 is 0. The normalized spacial score (nSPS) is 17.2. The Labute approximate surface area is 97.7 Å². The molecule has 2 rings (SSSR count).